The van der Waals surface area contributed by atoms with Gasteiger partial charge in [0.2, 0.25) is 5.91 Å². The van der Waals surface area contributed by atoms with Crippen LogP contribution in [0.25, 0.3) is 11.1 Å². The van der Waals surface area contributed by atoms with Gasteiger partial charge in [0.25, 0.3) is 0 Å². The number of likely N-dealkylation sites (tertiary alicyclic amines) is 1. The lowest BCUT2D eigenvalue weighted by molar-refractivity contribution is -0.156. The number of carbonyl (C=O) groups is 3. The smallest absolute Gasteiger partial charge is 0.407 e. The molecule has 0 radical (unpaired) electrons. The summed E-state index contributed by atoms with van der Waals surface area (Å²) in [5.41, 5.74) is 6.38. The Morgan fingerprint density at radius 3 is 1.75 bits per heavy atom. The van der Waals surface area contributed by atoms with Crippen molar-refractivity contribution in [3.05, 3.63) is 166 Å². The summed E-state index contributed by atoms with van der Waals surface area (Å²) in [6.07, 6.45) is 14.4. The predicted molar refractivity (Wildman–Crippen MR) is 269 cm³/mol. The Morgan fingerprint density at radius 2 is 1.16 bits per heavy atom. The number of benzene rings is 5. The molecule has 0 aromatic heterocycles. The number of hydrogen-bond donors (Lipinski definition) is 1. The molecule has 3 aliphatic rings. The van der Waals surface area contributed by atoms with Crippen LogP contribution in [0.4, 0.5) is 4.79 Å². The summed E-state index contributed by atoms with van der Waals surface area (Å²) in [6.45, 7) is 7.84. The van der Waals surface area contributed by atoms with Crippen molar-refractivity contribution in [1.82, 2.24) is 10.2 Å². The Kier molecular flexibility index (Phi) is 15.9. The zero-order valence-corrected chi connectivity index (χ0v) is 40.6. The van der Waals surface area contributed by atoms with Gasteiger partial charge in [0.05, 0.1) is 6.42 Å². The summed E-state index contributed by atoms with van der Waals surface area (Å²) in [5.74, 6) is -0.265. The molecule has 5 aromatic rings. The molecule has 0 spiro atoms. The maximum Gasteiger partial charge on any atom is 0.407 e. The predicted octanol–water partition coefficient (Wildman–Crippen LogP) is 14.1. The van der Waals surface area contributed by atoms with Crippen LogP contribution in [0.5, 0.6) is 0 Å². The Hall–Kier alpha value is -5.40. The molecule has 1 aliphatic heterocycles. The van der Waals surface area contributed by atoms with Crippen LogP contribution in [0.1, 0.15) is 156 Å². The molecule has 1 N–H and O–H groups in total. The zero-order valence-electron chi connectivity index (χ0n) is 39.8. The molecule has 2 fully saturated rings. The van der Waals surface area contributed by atoms with Crippen LogP contribution < -0.4 is 5.32 Å². The molecule has 8 rings (SSSR count). The van der Waals surface area contributed by atoms with E-state index in [4.69, 9.17) is 21.1 Å². The second-order valence-corrected chi connectivity index (χ2v) is 20.7. The van der Waals surface area contributed by atoms with Crippen LogP contribution in [0.3, 0.4) is 0 Å². The van der Waals surface area contributed by atoms with Gasteiger partial charge in [0.15, 0.2) is 5.60 Å². The highest BCUT2D eigenvalue weighted by molar-refractivity contribution is 6.31. The number of nitrogens with one attached hydrogen (secondary N) is 1. The van der Waals surface area contributed by atoms with Crippen LogP contribution in [0.15, 0.2) is 127 Å². The van der Waals surface area contributed by atoms with E-state index in [1.165, 1.54) is 63.4 Å². The standard InChI is InChI=1S/C59H69ClN2O5/c1-58(2,3)44-36-38-62(39-37-44)56(64)54(61-57(65)66-41-51-49-28-18-16-26-47(49)48-27-17-19-29-50(48)51)40-55(63)67-59(45-24-14-11-15-25-45,52-30-20-21-31-53(52)60)46-34-32-43(33-35-46)42-22-12-9-7-5-4-6-8-10-13-23-42/h11,14-21,24-35,42,44,51,54H,4-10,12-13,22-23,36-41H2,1-3H3,(H,61,65)/t54-,59?/m0/s1. The average molecular weight is 922 g/mol. The van der Waals surface area contributed by atoms with Gasteiger partial charge in [-0.1, -0.05) is 211 Å². The highest BCUT2D eigenvalue weighted by Gasteiger charge is 2.44. The van der Waals surface area contributed by atoms with Crippen molar-refractivity contribution in [2.45, 2.75) is 134 Å². The SMILES string of the molecule is CC(C)(C)C1CCN(C(=O)[C@H](CC(=O)OC(c2ccccc2)(c2ccc(C3CCCCCCCCCCC3)cc2)c2ccccc2Cl)NC(=O)OCC2c3ccccc3-c3ccccc32)CC1. The number of rotatable bonds is 11. The molecule has 352 valence electrons. The molecule has 8 heteroatoms. The van der Waals surface area contributed by atoms with Crippen molar-refractivity contribution in [3.63, 3.8) is 0 Å². The number of nitrogens with zero attached hydrogens (tertiary/aromatic N) is 1. The van der Waals surface area contributed by atoms with Crippen molar-refractivity contribution >= 4 is 29.6 Å². The number of alkyl carbamates (subject to hydrolysis) is 1. The maximum atomic E-state index is 15.0. The van der Waals surface area contributed by atoms with Crippen molar-refractivity contribution in [2.75, 3.05) is 19.7 Å². The monoisotopic (exact) mass is 920 g/mol. The van der Waals surface area contributed by atoms with E-state index in [0.717, 1.165) is 53.5 Å². The van der Waals surface area contributed by atoms with Gasteiger partial charge < -0.3 is 19.7 Å². The Balaban J connectivity index is 1.09. The maximum absolute atomic E-state index is 15.0. The second kappa shape index (κ2) is 22.1. The lowest BCUT2D eigenvalue weighted by Gasteiger charge is -2.40. The van der Waals surface area contributed by atoms with E-state index in [1.807, 2.05) is 78.9 Å². The van der Waals surface area contributed by atoms with Crippen molar-refractivity contribution < 1.29 is 23.9 Å². The minimum Gasteiger partial charge on any atom is -0.449 e. The molecule has 1 saturated carbocycles. The Labute approximate surface area is 404 Å². The third-order valence-electron chi connectivity index (χ3n) is 14.9. The highest BCUT2D eigenvalue weighted by Crippen LogP contribution is 2.46. The third kappa shape index (κ3) is 11.3. The van der Waals surface area contributed by atoms with Crippen molar-refractivity contribution in [2.24, 2.45) is 11.3 Å². The van der Waals surface area contributed by atoms with Gasteiger partial charge in [-0.25, -0.2) is 4.79 Å². The molecule has 67 heavy (non-hydrogen) atoms. The topological polar surface area (TPSA) is 84.9 Å². The molecular weight excluding hydrogens is 852 g/mol. The van der Waals surface area contributed by atoms with Crippen LogP contribution in [-0.4, -0.2) is 48.6 Å². The molecule has 0 bridgehead atoms. The van der Waals surface area contributed by atoms with Crippen LogP contribution >= 0.6 is 11.6 Å². The molecule has 2 atom stereocenters. The van der Waals surface area contributed by atoms with E-state index in [-0.39, 0.29) is 23.8 Å². The summed E-state index contributed by atoms with van der Waals surface area (Å²) in [4.78, 5) is 45.4. The first kappa shape index (κ1) is 48.1. The summed E-state index contributed by atoms with van der Waals surface area (Å²) in [6, 6.07) is 40.9. The quantitative estimate of drug-likeness (QED) is 0.105. The first-order valence-electron chi connectivity index (χ1n) is 25.1. The van der Waals surface area contributed by atoms with Crippen LogP contribution in [0, 0.1) is 11.3 Å². The second-order valence-electron chi connectivity index (χ2n) is 20.3. The molecule has 2 amide bonds. The fraction of sp³-hybridized carbons (Fsp3) is 0.441. The van der Waals surface area contributed by atoms with Gasteiger partial charge in [-0.2, -0.15) is 0 Å². The molecule has 2 aliphatic carbocycles. The average Bonchev–Trinajstić information content (AvgIpc) is 3.66. The number of amides is 2. The summed E-state index contributed by atoms with van der Waals surface area (Å²) < 4.78 is 12.9. The van der Waals surface area contributed by atoms with E-state index in [1.54, 1.807) is 4.90 Å². The van der Waals surface area contributed by atoms with Crippen LogP contribution in [-0.2, 0) is 24.7 Å². The molecule has 7 nitrogen and oxygen atoms in total. The van der Waals surface area contributed by atoms with Gasteiger partial charge >= 0.3 is 12.1 Å². The molecule has 1 unspecified atom stereocenters. The molecule has 1 heterocycles. The Morgan fingerprint density at radius 1 is 0.642 bits per heavy atom. The largest absolute Gasteiger partial charge is 0.449 e. The van der Waals surface area contributed by atoms with Gasteiger partial charge in [0.1, 0.15) is 12.6 Å². The number of hydrogen-bond acceptors (Lipinski definition) is 5. The normalized spacial score (nSPS) is 18.0. The fourth-order valence-corrected chi connectivity index (χ4v) is 11.4. The van der Waals surface area contributed by atoms with Gasteiger partial charge in [0, 0.05) is 40.7 Å². The minimum atomic E-state index is -1.48. The van der Waals surface area contributed by atoms with E-state index >= 15 is 0 Å². The molecule has 5 aromatic carbocycles. The zero-order chi connectivity index (χ0) is 46.8. The van der Waals surface area contributed by atoms with E-state index < -0.39 is 30.1 Å². The first-order chi connectivity index (χ1) is 32.5. The van der Waals surface area contributed by atoms with Crippen molar-refractivity contribution in [1.29, 1.82) is 0 Å². The summed E-state index contributed by atoms with van der Waals surface area (Å²) >= 11 is 7.13. The number of fused-ring (bicyclic) bond motifs is 3. The lowest BCUT2D eigenvalue weighted by Crippen LogP contribution is -2.52. The van der Waals surface area contributed by atoms with E-state index in [2.05, 4.69) is 74.6 Å². The molecule has 1 saturated heterocycles. The summed E-state index contributed by atoms with van der Waals surface area (Å²) in [7, 11) is 0. The van der Waals surface area contributed by atoms with Crippen LogP contribution in [0.2, 0.25) is 5.02 Å². The number of carbonyl (C=O) groups excluding carboxylic acids is 3. The van der Waals surface area contributed by atoms with Crippen molar-refractivity contribution in [3.8, 4) is 11.1 Å². The summed E-state index contributed by atoms with van der Waals surface area (Å²) in [5, 5.41) is 3.30. The van der Waals surface area contributed by atoms with Gasteiger partial charge in [-0.05, 0) is 76.8 Å². The number of ether oxygens (including phenoxy) is 2. The molecular formula is C59H69ClN2O5. The number of piperidine rings is 1. The highest BCUT2D eigenvalue weighted by atomic mass is 35.5. The first-order valence-corrected chi connectivity index (χ1v) is 25.4. The van der Waals surface area contributed by atoms with Gasteiger partial charge in [-0.3, -0.25) is 9.59 Å². The van der Waals surface area contributed by atoms with E-state index in [0.29, 0.717) is 41.1 Å². The van der Waals surface area contributed by atoms with E-state index in [9.17, 15) is 14.4 Å². The number of esters is 1. The number of halogens is 1. The van der Waals surface area contributed by atoms with Gasteiger partial charge in [-0.15, -0.1) is 0 Å². The third-order valence-corrected chi connectivity index (χ3v) is 15.3. The lowest BCUT2D eigenvalue weighted by atomic mass is 9.75. The fourth-order valence-electron chi connectivity index (χ4n) is 11.1. The minimum absolute atomic E-state index is 0.0721. The Bertz CT molecular complexity index is 2380.